The Hall–Kier alpha value is -2.96. The number of piperazine rings is 1. The largest absolute Gasteiger partial charge is 0.490 e. The summed E-state index contributed by atoms with van der Waals surface area (Å²) >= 11 is 0. The highest BCUT2D eigenvalue weighted by Gasteiger charge is 2.21. The summed E-state index contributed by atoms with van der Waals surface area (Å²) in [6, 6.07) is 13.2. The highest BCUT2D eigenvalue weighted by atomic mass is 16.5. The van der Waals surface area contributed by atoms with E-state index in [2.05, 4.69) is 15.2 Å². The molecule has 138 valence electrons. The van der Waals surface area contributed by atoms with Crippen LogP contribution < -0.4 is 19.7 Å². The molecule has 0 unspecified atom stereocenters. The molecule has 0 atom stereocenters. The summed E-state index contributed by atoms with van der Waals surface area (Å²) in [6.07, 6.45) is 1.78. The third kappa shape index (κ3) is 4.56. The van der Waals surface area contributed by atoms with Gasteiger partial charge in [0.1, 0.15) is 5.82 Å². The number of hydrogen-bond acceptors (Lipinski definition) is 5. The van der Waals surface area contributed by atoms with Crippen molar-refractivity contribution in [3.05, 3.63) is 48.7 Å². The van der Waals surface area contributed by atoms with E-state index < -0.39 is 0 Å². The van der Waals surface area contributed by atoms with Crippen molar-refractivity contribution in [3.63, 3.8) is 0 Å². The normalized spacial score (nSPS) is 14.0. The van der Waals surface area contributed by atoms with Gasteiger partial charge < -0.3 is 24.6 Å². The maximum atomic E-state index is 12.3. The first kappa shape index (κ1) is 17.8. The quantitative estimate of drug-likeness (QED) is 0.805. The van der Waals surface area contributed by atoms with Crippen molar-refractivity contribution in [2.45, 2.75) is 6.92 Å². The van der Waals surface area contributed by atoms with Crippen LogP contribution in [0.25, 0.3) is 0 Å². The van der Waals surface area contributed by atoms with E-state index in [1.807, 2.05) is 49.4 Å². The average Bonchev–Trinajstić information content (AvgIpc) is 2.70. The van der Waals surface area contributed by atoms with Gasteiger partial charge in [-0.15, -0.1) is 0 Å². The lowest BCUT2D eigenvalue weighted by molar-refractivity contribution is 0.179. The van der Waals surface area contributed by atoms with E-state index in [0.29, 0.717) is 31.2 Å². The molecule has 0 saturated carbocycles. The summed E-state index contributed by atoms with van der Waals surface area (Å²) in [7, 11) is 0. The Morgan fingerprint density at radius 3 is 2.38 bits per heavy atom. The van der Waals surface area contributed by atoms with Crippen LogP contribution in [0.3, 0.4) is 0 Å². The van der Waals surface area contributed by atoms with Gasteiger partial charge in [0.25, 0.3) is 0 Å². The van der Waals surface area contributed by atoms with Gasteiger partial charge in [-0.05, 0) is 31.2 Å². The van der Waals surface area contributed by atoms with Crippen molar-refractivity contribution in [2.75, 3.05) is 44.4 Å². The number of carbonyl (C=O) groups is 1. The number of rotatable bonds is 6. The van der Waals surface area contributed by atoms with E-state index in [1.54, 1.807) is 11.1 Å². The second kappa shape index (κ2) is 8.94. The molecule has 1 aliphatic rings. The van der Waals surface area contributed by atoms with Crippen molar-refractivity contribution >= 4 is 11.8 Å². The lowest BCUT2D eigenvalue weighted by Crippen LogP contribution is -2.52. The van der Waals surface area contributed by atoms with Gasteiger partial charge >= 0.3 is 6.03 Å². The van der Waals surface area contributed by atoms with Gasteiger partial charge in [-0.3, -0.25) is 0 Å². The number of nitrogens with one attached hydrogen (secondary N) is 1. The van der Waals surface area contributed by atoms with Gasteiger partial charge in [-0.25, -0.2) is 9.78 Å². The van der Waals surface area contributed by atoms with E-state index in [-0.39, 0.29) is 12.8 Å². The molecule has 1 fully saturated rings. The molecule has 0 spiro atoms. The van der Waals surface area contributed by atoms with E-state index >= 15 is 0 Å². The molecule has 1 aromatic carbocycles. The Kier molecular flexibility index (Phi) is 6.14. The number of urea groups is 1. The van der Waals surface area contributed by atoms with Crippen LogP contribution in [0.2, 0.25) is 0 Å². The Balaban J connectivity index is 1.44. The minimum atomic E-state index is -0.125. The summed E-state index contributed by atoms with van der Waals surface area (Å²) in [6.45, 7) is 5.41. The number of ether oxygens (including phenoxy) is 2. The summed E-state index contributed by atoms with van der Waals surface area (Å²) in [5.41, 5.74) is 0. The number of benzene rings is 1. The number of carbonyl (C=O) groups excluding carboxylic acids is 1. The van der Waals surface area contributed by atoms with Gasteiger partial charge in [-0.1, -0.05) is 18.2 Å². The predicted molar refractivity (Wildman–Crippen MR) is 99.7 cm³/mol. The molecular formula is C19H24N4O3. The number of para-hydroxylation sites is 2. The standard InChI is InChI=1S/C19H24N4O3/c1-2-25-16-7-3-4-8-17(16)26-15-21-19(24)23-13-11-22(12-14-23)18-9-5-6-10-20-18/h3-10H,2,11-15H2,1H3,(H,21,24). The molecule has 2 heterocycles. The van der Waals surface area contributed by atoms with E-state index in [9.17, 15) is 4.79 Å². The molecule has 3 rings (SSSR count). The topological polar surface area (TPSA) is 66.9 Å². The number of hydrogen-bond donors (Lipinski definition) is 1. The monoisotopic (exact) mass is 356 g/mol. The van der Waals surface area contributed by atoms with E-state index in [4.69, 9.17) is 9.47 Å². The Morgan fingerprint density at radius 1 is 1.04 bits per heavy atom. The molecular weight excluding hydrogens is 332 g/mol. The summed E-state index contributed by atoms with van der Waals surface area (Å²) in [4.78, 5) is 20.6. The fourth-order valence-corrected chi connectivity index (χ4v) is 2.81. The molecule has 26 heavy (non-hydrogen) atoms. The highest BCUT2D eigenvalue weighted by Crippen LogP contribution is 2.25. The first-order valence-electron chi connectivity index (χ1n) is 8.81. The second-order valence-corrected chi connectivity index (χ2v) is 5.81. The van der Waals surface area contributed by atoms with Gasteiger partial charge in [-0.2, -0.15) is 0 Å². The molecule has 7 nitrogen and oxygen atoms in total. The van der Waals surface area contributed by atoms with Crippen LogP contribution in [0.15, 0.2) is 48.7 Å². The van der Waals surface area contributed by atoms with Crippen LogP contribution in [-0.4, -0.2) is 55.4 Å². The molecule has 1 aliphatic heterocycles. The SMILES string of the molecule is CCOc1ccccc1OCNC(=O)N1CCN(c2ccccn2)CC1. The molecule has 0 bridgehead atoms. The van der Waals surface area contributed by atoms with Gasteiger partial charge in [0.05, 0.1) is 6.61 Å². The fraction of sp³-hybridized carbons (Fsp3) is 0.368. The fourth-order valence-electron chi connectivity index (χ4n) is 2.81. The van der Waals surface area contributed by atoms with Crippen LogP contribution in [0.4, 0.5) is 10.6 Å². The number of aromatic nitrogens is 1. The van der Waals surface area contributed by atoms with Crippen LogP contribution >= 0.6 is 0 Å². The van der Waals surface area contributed by atoms with E-state index in [0.717, 1.165) is 18.9 Å². The number of pyridine rings is 1. The van der Waals surface area contributed by atoms with Crippen molar-refractivity contribution in [1.29, 1.82) is 0 Å². The second-order valence-electron chi connectivity index (χ2n) is 5.81. The number of anilines is 1. The molecule has 1 saturated heterocycles. The average molecular weight is 356 g/mol. The minimum Gasteiger partial charge on any atom is -0.490 e. The highest BCUT2D eigenvalue weighted by molar-refractivity contribution is 5.74. The maximum Gasteiger partial charge on any atom is 0.320 e. The van der Waals surface area contributed by atoms with Crippen molar-refractivity contribution in [3.8, 4) is 11.5 Å². The first-order chi connectivity index (χ1) is 12.8. The Labute approximate surface area is 153 Å². The van der Waals surface area contributed by atoms with Gasteiger partial charge in [0.2, 0.25) is 0 Å². The Morgan fingerprint density at radius 2 is 1.73 bits per heavy atom. The molecule has 1 aromatic heterocycles. The molecule has 2 amide bonds. The smallest absolute Gasteiger partial charge is 0.320 e. The number of amides is 2. The van der Waals surface area contributed by atoms with Crippen LogP contribution in [0, 0.1) is 0 Å². The molecule has 7 heteroatoms. The lowest BCUT2D eigenvalue weighted by Gasteiger charge is -2.35. The Bertz CT molecular complexity index is 703. The minimum absolute atomic E-state index is 0.101. The lowest BCUT2D eigenvalue weighted by atomic mass is 10.3. The number of nitrogens with zero attached hydrogens (tertiary/aromatic N) is 3. The van der Waals surface area contributed by atoms with E-state index in [1.165, 1.54) is 0 Å². The van der Waals surface area contributed by atoms with Crippen molar-refractivity contribution < 1.29 is 14.3 Å². The molecule has 0 radical (unpaired) electrons. The maximum absolute atomic E-state index is 12.3. The summed E-state index contributed by atoms with van der Waals surface area (Å²) in [5, 5.41) is 2.80. The third-order valence-corrected chi connectivity index (χ3v) is 4.14. The van der Waals surface area contributed by atoms with Crippen molar-refractivity contribution in [1.82, 2.24) is 15.2 Å². The van der Waals surface area contributed by atoms with Crippen LogP contribution in [-0.2, 0) is 0 Å². The predicted octanol–water partition coefficient (Wildman–Crippen LogP) is 2.35. The van der Waals surface area contributed by atoms with Gasteiger partial charge in [0, 0.05) is 32.4 Å². The molecule has 1 N–H and O–H groups in total. The molecule has 0 aliphatic carbocycles. The van der Waals surface area contributed by atoms with Crippen LogP contribution in [0.5, 0.6) is 11.5 Å². The zero-order valence-corrected chi connectivity index (χ0v) is 14.9. The first-order valence-corrected chi connectivity index (χ1v) is 8.81. The van der Waals surface area contributed by atoms with Crippen molar-refractivity contribution in [2.24, 2.45) is 0 Å². The zero-order valence-electron chi connectivity index (χ0n) is 14.9. The summed E-state index contributed by atoms with van der Waals surface area (Å²) in [5.74, 6) is 2.24. The zero-order chi connectivity index (χ0) is 18.2. The van der Waals surface area contributed by atoms with Crippen LogP contribution in [0.1, 0.15) is 6.92 Å². The van der Waals surface area contributed by atoms with Gasteiger partial charge in [0.15, 0.2) is 18.2 Å². The summed E-state index contributed by atoms with van der Waals surface area (Å²) < 4.78 is 11.1. The molecule has 2 aromatic rings. The third-order valence-electron chi connectivity index (χ3n) is 4.14.